The van der Waals surface area contributed by atoms with Crippen molar-refractivity contribution < 1.29 is 24.2 Å². The van der Waals surface area contributed by atoms with Gasteiger partial charge in [0.25, 0.3) is 0 Å². The van der Waals surface area contributed by atoms with Crippen LogP contribution in [0.25, 0.3) is 11.1 Å². The molecule has 5 rings (SSSR count). The molecule has 2 fully saturated rings. The van der Waals surface area contributed by atoms with E-state index in [1.165, 1.54) is 11.1 Å². The van der Waals surface area contributed by atoms with Crippen molar-refractivity contribution in [3.63, 3.8) is 0 Å². The van der Waals surface area contributed by atoms with Crippen molar-refractivity contribution in [1.82, 2.24) is 10.6 Å². The van der Waals surface area contributed by atoms with Gasteiger partial charge in [0.1, 0.15) is 12.1 Å². The van der Waals surface area contributed by atoms with E-state index in [9.17, 15) is 19.5 Å². The lowest BCUT2D eigenvalue weighted by Gasteiger charge is -2.28. The average Bonchev–Trinajstić information content (AvgIpc) is 3.26. The molecule has 0 spiro atoms. The largest absolute Gasteiger partial charge is 0.480 e. The monoisotopic (exact) mass is 476 g/mol. The Morgan fingerprint density at radius 2 is 1.69 bits per heavy atom. The molecule has 7 nitrogen and oxygen atoms in total. The number of ether oxygens (including phenoxy) is 1. The first-order valence-corrected chi connectivity index (χ1v) is 12.4. The van der Waals surface area contributed by atoms with Gasteiger partial charge in [-0.15, -0.1) is 0 Å². The number of benzene rings is 2. The predicted octanol–water partition coefficient (Wildman–Crippen LogP) is 4.45. The normalized spacial score (nSPS) is 25.5. The maximum Gasteiger partial charge on any atom is 0.407 e. The van der Waals surface area contributed by atoms with Gasteiger partial charge in [0, 0.05) is 12.0 Å². The molecule has 2 amide bonds. The first-order valence-electron chi connectivity index (χ1n) is 12.4. The second kappa shape index (κ2) is 8.70. The minimum atomic E-state index is -1.27. The Morgan fingerprint density at radius 3 is 2.29 bits per heavy atom. The molecule has 0 heterocycles. The lowest BCUT2D eigenvalue weighted by Crippen LogP contribution is -2.54. The van der Waals surface area contributed by atoms with Crippen LogP contribution in [-0.4, -0.2) is 41.3 Å². The van der Waals surface area contributed by atoms with E-state index in [1.807, 2.05) is 31.2 Å². The summed E-state index contributed by atoms with van der Waals surface area (Å²) >= 11 is 0. The second-order valence-corrected chi connectivity index (χ2v) is 10.5. The van der Waals surface area contributed by atoms with Crippen molar-refractivity contribution in [1.29, 1.82) is 0 Å². The second-order valence-electron chi connectivity index (χ2n) is 10.5. The third-order valence-corrected chi connectivity index (χ3v) is 8.14. The Bertz CT molecular complexity index is 1130. The Hall–Kier alpha value is -3.35. The molecule has 184 valence electrons. The number of nitrogens with one attached hydrogen (secondary N) is 2. The molecule has 2 aromatic rings. The molecule has 4 atom stereocenters. The van der Waals surface area contributed by atoms with Crippen LogP contribution in [0.15, 0.2) is 48.5 Å². The highest BCUT2D eigenvalue weighted by molar-refractivity contribution is 5.92. The number of carboxylic acid groups (broad SMARTS) is 1. The molecule has 0 aliphatic heterocycles. The minimum Gasteiger partial charge on any atom is -0.480 e. The van der Waals surface area contributed by atoms with E-state index in [1.54, 1.807) is 6.92 Å². The van der Waals surface area contributed by atoms with Crippen molar-refractivity contribution >= 4 is 18.0 Å². The highest BCUT2D eigenvalue weighted by Gasteiger charge is 2.65. The number of carbonyl (C=O) groups excluding carboxylic acids is 2. The van der Waals surface area contributed by atoms with E-state index >= 15 is 0 Å². The molecule has 1 unspecified atom stereocenters. The standard InChI is InChI=1S/C28H32N2O5/c1-3-12-27(2,25(32)33)30-24(31)28-14-17(28)13-18(15-28)29-26(34)35-16-23-21-10-6-4-8-19(21)20-9-5-7-11-22(20)23/h4-11,17-18,23H,3,12-16H2,1-2H3,(H,29,34)(H,30,31)(H,32,33)/t17-,18+,27?,28+/m1/s1. The number of amides is 2. The van der Waals surface area contributed by atoms with Crippen LogP contribution in [0.1, 0.15) is 63.0 Å². The lowest BCUT2D eigenvalue weighted by atomic mass is 9.93. The van der Waals surface area contributed by atoms with Crippen LogP contribution in [0.5, 0.6) is 0 Å². The first-order chi connectivity index (χ1) is 16.8. The van der Waals surface area contributed by atoms with Crippen LogP contribution in [0.2, 0.25) is 0 Å². The molecule has 2 aromatic carbocycles. The Kier molecular flexibility index (Phi) is 5.82. The van der Waals surface area contributed by atoms with E-state index in [4.69, 9.17) is 4.74 Å². The number of alkyl carbamates (subject to hydrolysis) is 1. The molecule has 0 radical (unpaired) electrons. The predicted molar refractivity (Wildman–Crippen MR) is 131 cm³/mol. The maximum absolute atomic E-state index is 13.0. The summed E-state index contributed by atoms with van der Waals surface area (Å²) in [6.07, 6.45) is 2.51. The zero-order valence-electron chi connectivity index (χ0n) is 20.2. The van der Waals surface area contributed by atoms with Crippen molar-refractivity contribution in [3.8, 4) is 11.1 Å². The van der Waals surface area contributed by atoms with Gasteiger partial charge >= 0.3 is 12.1 Å². The molecule has 0 saturated heterocycles. The van der Waals surface area contributed by atoms with Gasteiger partial charge < -0.3 is 20.5 Å². The van der Waals surface area contributed by atoms with Crippen LogP contribution in [0, 0.1) is 11.3 Å². The van der Waals surface area contributed by atoms with E-state index in [0.29, 0.717) is 25.7 Å². The van der Waals surface area contributed by atoms with Gasteiger partial charge in [0.15, 0.2) is 0 Å². The maximum atomic E-state index is 13.0. The molecule has 0 bridgehead atoms. The summed E-state index contributed by atoms with van der Waals surface area (Å²) in [5.74, 6) is -1.07. The summed E-state index contributed by atoms with van der Waals surface area (Å²) in [6, 6.07) is 16.2. The van der Waals surface area contributed by atoms with Crippen molar-refractivity contribution in [2.24, 2.45) is 11.3 Å². The fraction of sp³-hybridized carbons (Fsp3) is 0.464. The number of hydrogen-bond donors (Lipinski definition) is 3. The van der Waals surface area contributed by atoms with E-state index in [2.05, 4.69) is 34.9 Å². The summed E-state index contributed by atoms with van der Waals surface area (Å²) in [5, 5.41) is 15.3. The molecule has 3 aliphatic carbocycles. The molecule has 35 heavy (non-hydrogen) atoms. The first kappa shape index (κ1) is 23.4. The highest BCUT2D eigenvalue weighted by Crippen LogP contribution is 2.63. The smallest absolute Gasteiger partial charge is 0.407 e. The topological polar surface area (TPSA) is 105 Å². The fourth-order valence-electron chi connectivity index (χ4n) is 6.19. The van der Waals surface area contributed by atoms with Crippen molar-refractivity contribution in [2.75, 3.05) is 6.61 Å². The third kappa shape index (κ3) is 4.07. The van der Waals surface area contributed by atoms with Crippen LogP contribution in [0.4, 0.5) is 4.79 Å². The van der Waals surface area contributed by atoms with E-state index in [0.717, 1.165) is 17.5 Å². The number of carbonyl (C=O) groups is 3. The molecule has 3 N–H and O–H groups in total. The van der Waals surface area contributed by atoms with Gasteiger partial charge in [-0.05, 0) is 60.8 Å². The molecular formula is C28H32N2O5. The lowest BCUT2D eigenvalue weighted by molar-refractivity contribution is -0.148. The zero-order chi connectivity index (χ0) is 24.8. The van der Waals surface area contributed by atoms with Crippen LogP contribution in [-0.2, 0) is 14.3 Å². The highest BCUT2D eigenvalue weighted by atomic mass is 16.5. The molecule has 3 aliphatic rings. The van der Waals surface area contributed by atoms with Crippen LogP contribution < -0.4 is 10.6 Å². The fourth-order valence-corrected chi connectivity index (χ4v) is 6.19. The summed E-state index contributed by atoms with van der Waals surface area (Å²) in [4.78, 5) is 37.5. The Balaban J connectivity index is 1.18. The minimum absolute atomic E-state index is 0.00508. The SMILES string of the molecule is CCCC(C)(NC(=O)[C@@]12C[C@@H](NC(=O)OCC3c4ccccc4-c4ccccc43)C[C@@H]1C2)C(=O)O. The van der Waals surface area contributed by atoms with Gasteiger partial charge in [-0.2, -0.15) is 0 Å². The van der Waals surface area contributed by atoms with Gasteiger partial charge in [-0.3, -0.25) is 4.79 Å². The number of carboxylic acids is 1. The van der Waals surface area contributed by atoms with Gasteiger partial charge in [-0.25, -0.2) is 9.59 Å². The third-order valence-electron chi connectivity index (χ3n) is 8.14. The Labute approximate surface area is 205 Å². The number of rotatable bonds is 8. The van der Waals surface area contributed by atoms with E-state index < -0.39 is 23.0 Å². The summed E-state index contributed by atoms with van der Waals surface area (Å²) < 4.78 is 5.66. The summed E-state index contributed by atoms with van der Waals surface area (Å²) in [5.41, 5.74) is 2.83. The van der Waals surface area contributed by atoms with Crippen LogP contribution >= 0.6 is 0 Å². The molecular weight excluding hydrogens is 444 g/mol. The van der Waals surface area contributed by atoms with Gasteiger partial charge in [-0.1, -0.05) is 61.9 Å². The van der Waals surface area contributed by atoms with Gasteiger partial charge in [0.05, 0.1) is 5.41 Å². The zero-order valence-corrected chi connectivity index (χ0v) is 20.2. The molecule has 7 heteroatoms. The molecule has 2 saturated carbocycles. The average molecular weight is 477 g/mol. The molecule has 0 aromatic heterocycles. The van der Waals surface area contributed by atoms with Crippen molar-refractivity contribution in [2.45, 2.75) is 63.5 Å². The quantitative estimate of drug-likeness (QED) is 0.522. The van der Waals surface area contributed by atoms with Gasteiger partial charge in [0.2, 0.25) is 5.91 Å². The number of aliphatic carboxylic acids is 1. The number of hydrogen-bond acceptors (Lipinski definition) is 4. The van der Waals surface area contributed by atoms with E-state index in [-0.39, 0.29) is 30.4 Å². The summed E-state index contributed by atoms with van der Waals surface area (Å²) in [6.45, 7) is 3.71. The van der Waals surface area contributed by atoms with Crippen molar-refractivity contribution in [3.05, 3.63) is 59.7 Å². The number of fused-ring (bicyclic) bond motifs is 4. The summed E-state index contributed by atoms with van der Waals surface area (Å²) in [7, 11) is 0. The van der Waals surface area contributed by atoms with Crippen LogP contribution in [0.3, 0.4) is 0 Å². The Morgan fingerprint density at radius 1 is 1.06 bits per heavy atom.